The van der Waals surface area contributed by atoms with Gasteiger partial charge in [0.1, 0.15) is 0 Å². The van der Waals surface area contributed by atoms with E-state index in [0.29, 0.717) is 0 Å². The molecule has 0 unspecified atom stereocenters. The van der Waals surface area contributed by atoms with Crippen molar-refractivity contribution in [2.75, 3.05) is 0 Å². The molecule has 4 heteroatoms. The van der Waals surface area contributed by atoms with Crippen molar-refractivity contribution in [3.63, 3.8) is 0 Å². The van der Waals surface area contributed by atoms with Gasteiger partial charge in [-0.05, 0) is 28.1 Å². The fourth-order valence-corrected chi connectivity index (χ4v) is 2.56. The third-order valence-electron chi connectivity index (χ3n) is 1.57. The van der Waals surface area contributed by atoms with Crippen LogP contribution in [-0.4, -0.2) is 0 Å². The van der Waals surface area contributed by atoms with Crippen LogP contribution in [0.1, 0.15) is 0 Å². The molecule has 0 radical (unpaired) electrons. The monoisotopic (exact) mass is 248 g/mol. The van der Waals surface area contributed by atoms with E-state index in [1.165, 1.54) is 23.5 Å². The standard InChI is InChI=1S/C8H3BrF2S/c9-5-3-12-8-2-7(11)6(10)1-4(5)8/h1-3H. The molecule has 2 rings (SSSR count). The van der Waals surface area contributed by atoms with Crippen LogP contribution in [0, 0.1) is 11.6 Å². The van der Waals surface area contributed by atoms with E-state index in [-0.39, 0.29) is 0 Å². The maximum absolute atomic E-state index is 12.7. The summed E-state index contributed by atoms with van der Waals surface area (Å²) >= 11 is 4.63. The molecule has 0 atom stereocenters. The quantitative estimate of drug-likeness (QED) is 0.663. The van der Waals surface area contributed by atoms with Crippen molar-refractivity contribution in [1.82, 2.24) is 0 Å². The van der Waals surface area contributed by atoms with Crippen molar-refractivity contribution in [3.05, 3.63) is 33.6 Å². The number of halogens is 3. The predicted octanol–water partition coefficient (Wildman–Crippen LogP) is 3.94. The molecule has 1 aromatic carbocycles. The molecule has 0 saturated heterocycles. The largest absolute Gasteiger partial charge is 0.204 e. The predicted molar refractivity (Wildman–Crippen MR) is 49.4 cm³/mol. The molecule has 0 spiro atoms. The van der Waals surface area contributed by atoms with Crippen LogP contribution in [-0.2, 0) is 0 Å². The fraction of sp³-hybridized carbons (Fsp3) is 0. The van der Waals surface area contributed by atoms with Gasteiger partial charge in [-0.25, -0.2) is 8.78 Å². The lowest BCUT2D eigenvalue weighted by molar-refractivity contribution is 0.511. The Labute approximate surface area is 80.0 Å². The maximum atomic E-state index is 12.7. The van der Waals surface area contributed by atoms with Crippen molar-refractivity contribution in [3.8, 4) is 0 Å². The van der Waals surface area contributed by atoms with E-state index < -0.39 is 11.6 Å². The molecular weight excluding hydrogens is 246 g/mol. The van der Waals surface area contributed by atoms with Crippen molar-refractivity contribution in [1.29, 1.82) is 0 Å². The Morgan fingerprint density at radius 3 is 2.58 bits per heavy atom. The van der Waals surface area contributed by atoms with Gasteiger partial charge in [0.25, 0.3) is 0 Å². The summed E-state index contributed by atoms with van der Waals surface area (Å²) in [6.07, 6.45) is 0. The van der Waals surface area contributed by atoms with Crippen molar-refractivity contribution < 1.29 is 8.78 Å². The van der Waals surface area contributed by atoms with Gasteiger partial charge in [0, 0.05) is 19.9 Å². The summed E-state index contributed by atoms with van der Waals surface area (Å²) in [7, 11) is 0. The second kappa shape index (κ2) is 2.78. The normalized spacial score (nSPS) is 10.9. The lowest BCUT2D eigenvalue weighted by Gasteiger charge is -1.92. The van der Waals surface area contributed by atoms with Crippen molar-refractivity contribution >= 4 is 37.4 Å². The summed E-state index contributed by atoms with van der Waals surface area (Å²) in [5, 5.41) is 2.53. The SMILES string of the molecule is Fc1cc2scc(Br)c2cc1F. The van der Waals surface area contributed by atoms with E-state index in [2.05, 4.69) is 15.9 Å². The van der Waals surface area contributed by atoms with Gasteiger partial charge in [0.2, 0.25) is 0 Å². The van der Waals surface area contributed by atoms with Gasteiger partial charge in [-0.3, -0.25) is 0 Å². The van der Waals surface area contributed by atoms with Gasteiger partial charge >= 0.3 is 0 Å². The van der Waals surface area contributed by atoms with Crippen LogP contribution in [0.25, 0.3) is 10.1 Å². The first-order chi connectivity index (χ1) is 5.68. The zero-order valence-corrected chi connectivity index (χ0v) is 8.18. The number of hydrogen-bond donors (Lipinski definition) is 0. The van der Waals surface area contributed by atoms with Gasteiger partial charge in [-0.15, -0.1) is 11.3 Å². The van der Waals surface area contributed by atoms with E-state index >= 15 is 0 Å². The van der Waals surface area contributed by atoms with E-state index in [9.17, 15) is 8.78 Å². The van der Waals surface area contributed by atoms with E-state index in [1.54, 1.807) is 0 Å². The van der Waals surface area contributed by atoms with Gasteiger partial charge in [0.15, 0.2) is 11.6 Å². The molecule has 1 heterocycles. The maximum Gasteiger partial charge on any atom is 0.160 e. The Morgan fingerprint density at radius 2 is 1.83 bits per heavy atom. The first-order valence-corrected chi connectivity index (χ1v) is 4.87. The summed E-state index contributed by atoms with van der Waals surface area (Å²) < 4.78 is 26.9. The summed E-state index contributed by atoms with van der Waals surface area (Å²) in [4.78, 5) is 0. The van der Waals surface area contributed by atoms with Crippen LogP contribution in [0.15, 0.2) is 22.0 Å². The van der Waals surface area contributed by atoms with Crippen LogP contribution >= 0.6 is 27.3 Å². The Balaban J connectivity index is 2.87. The number of thiophene rings is 1. The number of fused-ring (bicyclic) bond motifs is 1. The summed E-state index contributed by atoms with van der Waals surface area (Å²) in [6.45, 7) is 0. The van der Waals surface area contributed by atoms with Crippen molar-refractivity contribution in [2.24, 2.45) is 0 Å². The van der Waals surface area contributed by atoms with Crippen LogP contribution in [0.5, 0.6) is 0 Å². The van der Waals surface area contributed by atoms with Gasteiger partial charge < -0.3 is 0 Å². The average Bonchev–Trinajstić information content (AvgIpc) is 2.35. The van der Waals surface area contributed by atoms with Gasteiger partial charge in [0.05, 0.1) is 0 Å². The highest BCUT2D eigenvalue weighted by atomic mass is 79.9. The number of hydrogen-bond acceptors (Lipinski definition) is 1. The topological polar surface area (TPSA) is 0 Å². The van der Waals surface area contributed by atoms with Crippen LogP contribution in [0.2, 0.25) is 0 Å². The summed E-state index contributed by atoms with van der Waals surface area (Å²) in [6, 6.07) is 2.41. The lowest BCUT2D eigenvalue weighted by atomic mass is 10.2. The molecule has 0 amide bonds. The smallest absolute Gasteiger partial charge is 0.160 e. The second-order valence-electron chi connectivity index (χ2n) is 2.35. The molecule has 0 aliphatic carbocycles. The molecule has 0 N–H and O–H groups in total. The minimum atomic E-state index is -0.804. The number of benzene rings is 1. The molecule has 0 saturated carbocycles. The minimum Gasteiger partial charge on any atom is -0.204 e. The molecule has 62 valence electrons. The zero-order valence-electron chi connectivity index (χ0n) is 5.77. The molecule has 1 aromatic heterocycles. The highest BCUT2D eigenvalue weighted by molar-refractivity contribution is 9.10. The lowest BCUT2D eigenvalue weighted by Crippen LogP contribution is -1.80. The first-order valence-electron chi connectivity index (χ1n) is 3.20. The molecule has 12 heavy (non-hydrogen) atoms. The molecular formula is C8H3BrF2S. The third kappa shape index (κ3) is 1.15. The highest BCUT2D eigenvalue weighted by Gasteiger charge is 2.07. The Hall–Kier alpha value is -0.480. The molecule has 0 fully saturated rings. The molecule has 0 aliphatic heterocycles. The summed E-state index contributed by atoms with van der Waals surface area (Å²) in [5.74, 6) is -1.60. The molecule has 0 bridgehead atoms. The van der Waals surface area contributed by atoms with Crippen LogP contribution in [0.4, 0.5) is 8.78 Å². The average molecular weight is 249 g/mol. The minimum absolute atomic E-state index is 0.721. The molecule has 2 aromatic rings. The molecule has 0 nitrogen and oxygen atoms in total. The number of rotatable bonds is 0. The molecule has 0 aliphatic rings. The van der Waals surface area contributed by atoms with Crippen molar-refractivity contribution in [2.45, 2.75) is 0 Å². The van der Waals surface area contributed by atoms with Crippen LogP contribution < -0.4 is 0 Å². The second-order valence-corrected chi connectivity index (χ2v) is 4.11. The zero-order chi connectivity index (χ0) is 8.72. The Kier molecular flexibility index (Phi) is 1.88. The Bertz CT molecular complexity index is 436. The first kappa shape index (κ1) is 8.13. The van der Waals surface area contributed by atoms with Crippen LogP contribution in [0.3, 0.4) is 0 Å². The van der Waals surface area contributed by atoms with Gasteiger partial charge in [-0.1, -0.05) is 0 Å². The summed E-state index contributed by atoms with van der Waals surface area (Å²) in [5.41, 5.74) is 0. The Morgan fingerprint density at radius 1 is 1.17 bits per heavy atom. The van der Waals surface area contributed by atoms with E-state index in [4.69, 9.17) is 0 Å². The van der Waals surface area contributed by atoms with Gasteiger partial charge in [-0.2, -0.15) is 0 Å². The fourth-order valence-electron chi connectivity index (χ4n) is 0.991. The van der Waals surface area contributed by atoms with E-state index in [1.807, 2.05) is 5.38 Å². The third-order valence-corrected chi connectivity index (χ3v) is 3.47. The van der Waals surface area contributed by atoms with E-state index in [0.717, 1.165) is 14.6 Å². The highest BCUT2D eigenvalue weighted by Crippen LogP contribution is 2.31.